The topological polar surface area (TPSA) is 166 Å². The minimum atomic E-state index is -0.953. The molecule has 0 aliphatic carbocycles. The Morgan fingerprint density at radius 2 is 1.55 bits per heavy atom. The number of guanidine groups is 1. The van der Waals surface area contributed by atoms with E-state index in [1.165, 1.54) is 0 Å². The van der Waals surface area contributed by atoms with Crippen molar-refractivity contribution in [1.82, 2.24) is 10.6 Å². The number of nitrogens with one attached hydrogen (secondary N) is 2. The van der Waals surface area contributed by atoms with Crippen LogP contribution in [-0.2, 0) is 16.0 Å². The van der Waals surface area contributed by atoms with Gasteiger partial charge in [0.1, 0.15) is 12.1 Å². The number of nitrogens with two attached hydrogens (primary N) is 3. The van der Waals surface area contributed by atoms with Gasteiger partial charge in [0.05, 0.1) is 10.6 Å². The standard InChI is InChI=1S/C22H27ClN6O3.ClH/c23-16-10-5-4-9-15(16)20(31)28-17(11-6-12-27-22(25)26)21(32)29-18(19(24)30)13-14-7-2-1-3-8-14;/h1-5,7-10,17-18H,6,11-13H2,(H2,24,30)(H,28,31)(H,29,32)(H4,25,26,27);1H/p-1/t17-,18-;/m0./s1. The van der Waals surface area contributed by atoms with Crippen LogP contribution in [0, 0.1) is 0 Å². The maximum absolute atomic E-state index is 13.0. The third-order valence-electron chi connectivity index (χ3n) is 4.63. The monoisotopic (exact) mass is 493 g/mol. The summed E-state index contributed by atoms with van der Waals surface area (Å²) in [5.74, 6) is -1.81. The Hall–Kier alpha value is -3.30. The molecule has 0 saturated heterocycles. The number of benzene rings is 2. The minimum absolute atomic E-state index is 0. The molecule has 8 N–H and O–H groups in total. The maximum Gasteiger partial charge on any atom is 0.253 e. The van der Waals surface area contributed by atoms with Gasteiger partial charge >= 0.3 is 0 Å². The van der Waals surface area contributed by atoms with E-state index < -0.39 is 29.8 Å². The van der Waals surface area contributed by atoms with Gasteiger partial charge in [-0.3, -0.25) is 19.4 Å². The Balaban J connectivity index is 0.00000544. The molecule has 0 aliphatic heterocycles. The average Bonchev–Trinajstić information content (AvgIpc) is 2.76. The second-order valence-corrected chi connectivity index (χ2v) is 7.52. The van der Waals surface area contributed by atoms with Crippen molar-refractivity contribution in [3.8, 4) is 0 Å². The van der Waals surface area contributed by atoms with Crippen LogP contribution < -0.4 is 40.2 Å². The molecule has 0 aromatic heterocycles. The highest BCUT2D eigenvalue weighted by Crippen LogP contribution is 2.15. The fraction of sp³-hybridized carbons (Fsp3) is 0.273. The Morgan fingerprint density at radius 1 is 0.909 bits per heavy atom. The molecule has 2 rings (SSSR count). The van der Waals surface area contributed by atoms with Crippen LogP contribution in [0.15, 0.2) is 59.6 Å². The summed E-state index contributed by atoms with van der Waals surface area (Å²) in [6, 6.07) is 13.7. The van der Waals surface area contributed by atoms with Crippen molar-refractivity contribution in [2.45, 2.75) is 31.3 Å². The predicted octanol–water partition coefficient (Wildman–Crippen LogP) is -2.29. The van der Waals surface area contributed by atoms with Gasteiger partial charge in [-0.15, -0.1) is 0 Å². The van der Waals surface area contributed by atoms with E-state index >= 15 is 0 Å². The first-order chi connectivity index (χ1) is 15.3. The maximum atomic E-state index is 13.0. The number of nitrogens with zero attached hydrogens (tertiary/aromatic N) is 1. The van der Waals surface area contributed by atoms with E-state index in [2.05, 4.69) is 15.6 Å². The predicted molar refractivity (Wildman–Crippen MR) is 124 cm³/mol. The molecule has 0 aliphatic rings. The van der Waals surface area contributed by atoms with E-state index in [-0.39, 0.29) is 48.3 Å². The Labute approximate surface area is 203 Å². The van der Waals surface area contributed by atoms with Crippen molar-refractivity contribution in [3.05, 3.63) is 70.7 Å². The summed E-state index contributed by atoms with van der Waals surface area (Å²) in [6.45, 7) is 0.275. The molecular formula is C22H27Cl2N6O3-. The Bertz CT molecular complexity index is 968. The number of halogens is 2. The van der Waals surface area contributed by atoms with E-state index in [0.717, 1.165) is 5.56 Å². The minimum Gasteiger partial charge on any atom is -1.00 e. The molecule has 0 spiro atoms. The van der Waals surface area contributed by atoms with Gasteiger partial charge in [-0.1, -0.05) is 54.1 Å². The summed E-state index contributed by atoms with van der Waals surface area (Å²) in [7, 11) is 0. The number of primary amides is 1. The number of amides is 3. The largest absolute Gasteiger partial charge is 1.00 e. The van der Waals surface area contributed by atoms with Crippen LogP contribution in [0.25, 0.3) is 0 Å². The zero-order valence-electron chi connectivity index (χ0n) is 17.8. The number of hydrogen-bond donors (Lipinski definition) is 5. The van der Waals surface area contributed by atoms with Gasteiger partial charge in [-0.25, -0.2) is 0 Å². The highest BCUT2D eigenvalue weighted by atomic mass is 35.5. The molecule has 0 unspecified atom stereocenters. The number of hydrogen-bond acceptors (Lipinski definition) is 4. The quantitative estimate of drug-likeness (QED) is 0.135. The van der Waals surface area contributed by atoms with Gasteiger partial charge in [0.2, 0.25) is 11.8 Å². The number of rotatable bonds is 11. The van der Waals surface area contributed by atoms with Crippen molar-refractivity contribution in [3.63, 3.8) is 0 Å². The lowest BCUT2D eigenvalue weighted by molar-refractivity contribution is -0.128. The molecule has 3 amide bonds. The zero-order valence-corrected chi connectivity index (χ0v) is 19.4. The first kappa shape index (κ1) is 27.7. The lowest BCUT2D eigenvalue weighted by Crippen LogP contribution is -3.00. The second-order valence-electron chi connectivity index (χ2n) is 7.11. The van der Waals surface area contributed by atoms with Crippen LogP contribution in [0.5, 0.6) is 0 Å². The van der Waals surface area contributed by atoms with Crippen LogP contribution >= 0.6 is 11.6 Å². The van der Waals surface area contributed by atoms with Crippen LogP contribution in [-0.4, -0.2) is 42.3 Å². The molecule has 33 heavy (non-hydrogen) atoms. The Morgan fingerprint density at radius 3 is 2.15 bits per heavy atom. The normalized spacial score (nSPS) is 11.9. The van der Waals surface area contributed by atoms with Gasteiger partial charge in [0.25, 0.3) is 5.91 Å². The van der Waals surface area contributed by atoms with Crippen LogP contribution in [0.2, 0.25) is 5.02 Å². The molecule has 0 radical (unpaired) electrons. The number of carbonyl (C=O) groups excluding carboxylic acids is 3. The van der Waals surface area contributed by atoms with Crippen molar-refractivity contribution < 1.29 is 26.8 Å². The van der Waals surface area contributed by atoms with Gasteiger partial charge < -0.3 is 40.2 Å². The molecule has 0 saturated carbocycles. The van der Waals surface area contributed by atoms with Crippen LogP contribution in [0.4, 0.5) is 0 Å². The van der Waals surface area contributed by atoms with Gasteiger partial charge in [0, 0.05) is 13.0 Å². The molecule has 2 aromatic rings. The highest BCUT2D eigenvalue weighted by molar-refractivity contribution is 6.33. The molecule has 0 bridgehead atoms. The molecule has 9 nitrogen and oxygen atoms in total. The molecule has 11 heteroatoms. The third kappa shape index (κ3) is 9.38. The van der Waals surface area contributed by atoms with E-state index in [1.54, 1.807) is 24.3 Å². The molecule has 2 atom stereocenters. The Kier molecular flexibility index (Phi) is 11.7. The second kappa shape index (κ2) is 14.0. The molecule has 2 aromatic carbocycles. The third-order valence-corrected chi connectivity index (χ3v) is 4.96. The number of carbonyl (C=O) groups is 3. The van der Waals surface area contributed by atoms with Crippen molar-refractivity contribution >= 4 is 35.3 Å². The fourth-order valence-electron chi connectivity index (χ4n) is 3.00. The highest BCUT2D eigenvalue weighted by Gasteiger charge is 2.26. The van der Waals surface area contributed by atoms with E-state index in [1.807, 2.05) is 30.3 Å². The fourth-order valence-corrected chi connectivity index (χ4v) is 3.22. The van der Waals surface area contributed by atoms with E-state index in [4.69, 9.17) is 28.8 Å². The van der Waals surface area contributed by atoms with Crippen LogP contribution in [0.1, 0.15) is 28.8 Å². The van der Waals surface area contributed by atoms with E-state index in [0.29, 0.717) is 6.42 Å². The van der Waals surface area contributed by atoms with Gasteiger partial charge in [-0.2, -0.15) is 0 Å². The number of aliphatic imine (C=N–C) groups is 1. The van der Waals surface area contributed by atoms with Gasteiger partial charge in [0.15, 0.2) is 5.96 Å². The summed E-state index contributed by atoms with van der Waals surface area (Å²) >= 11 is 6.09. The lowest BCUT2D eigenvalue weighted by atomic mass is 10.0. The first-order valence-corrected chi connectivity index (χ1v) is 10.4. The molecule has 178 valence electrons. The lowest BCUT2D eigenvalue weighted by Gasteiger charge is -2.22. The average molecular weight is 494 g/mol. The molecular weight excluding hydrogens is 467 g/mol. The van der Waals surface area contributed by atoms with Crippen LogP contribution in [0.3, 0.4) is 0 Å². The molecule has 0 heterocycles. The summed E-state index contributed by atoms with van der Waals surface area (Å²) in [5, 5.41) is 5.56. The van der Waals surface area contributed by atoms with E-state index in [9.17, 15) is 14.4 Å². The molecule has 0 fully saturated rings. The summed E-state index contributed by atoms with van der Waals surface area (Å²) in [4.78, 5) is 41.5. The summed E-state index contributed by atoms with van der Waals surface area (Å²) in [5.41, 5.74) is 17.2. The zero-order chi connectivity index (χ0) is 23.5. The van der Waals surface area contributed by atoms with Crippen molar-refractivity contribution in [1.29, 1.82) is 0 Å². The summed E-state index contributed by atoms with van der Waals surface area (Å²) < 4.78 is 0. The first-order valence-electron chi connectivity index (χ1n) is 10.0. The van der Waals surface area contributed by atoms with Crippen molar-refractivity contribution in [2.24, 2.45) is 22.2 Å². The SMILES string of the molecule is NC(=O)[C@H](Cc1ccccc1)NC(=O)[C@H](CCCN=C(N)N)NC(=O)c1ccccc1Cl.[Cl-]. The van der Waals surface area contributed by atoms with Gasteiger partial charge in [-0.05, 0) is 30.5 Å². The summed E-state index contributed by atoms with van der Waals surface area (Å²) in [6.07, 6.45) is 0.870. The van der Waals surface area contributed by atoms with Crippen molar-refractivity contribution in [2.75, 3.05) is 6.54 Å². The smallest absolute Gasteiger partial charge is 0.253 e.